The molecule has 2 heterocycles. The summed E-state index contributed by atoms with van der Waals surface area (Å²) in [6, 6.07) is 15.5. The van der Waals surface area contributed by atoms with E-state index in [0.717, 1.165) is 40.8 Å². The number of carbonyl (C=O) groups is 1. The summed E-state index contributed by atoms with van der Waals surface area (Å²) in [5.41, 5.74) is 3.90. The van der Waals surface area contributed by atoms with Gasteiger partial charge in [-0.3, -0.25) is 9.78 Å². The molecule has 5 nitrogen and oxygen atoms in total. The highest BCUT2D eigenvalue weighted by molar-refractivity contribution is 8.00. The number of fused-ring (bicyclic) bond motifs is 1. The quantitative estimate of drug-likeness (QED) is 0.543. The number of anilines is 1. The molecule has 0 bridgehead atoms. The summed E-state index contributed by atoms with van der Waals surface area (Å²) in [7, 11) is 0. The van der Waals surface area contributed by atoms with E-state index in [1.54, 1.807) is 6.07 Å². The minimum Gasteiger partial charge on any atom is -0.324 e. The maximum Gasteiger partial charge on any atom is 0.237 e. The predicted octanol–water partition coefficient (Wildman–Crippen LogP) is 5.27. The molecule has 1 unspecified atom stereocenters. The Labute approximate surface area is 175 Å². The van der Waals surface area contributed by atoms with Gasteiger partial charge in [0.15, 0.2) is 0 Å². The summed E-state index contributed by atoms with van der Waals surface area (Å²) in [6.45, 7) is 5.97. The number of aryl methyl sites for hydroxylation is 2. The molecule has 6 heteroatoms. The van der Waals surface area contributed by atoms with Crippen molar-refractivity contribution in [1.82, 2.24) is 9.97 Å². The van der Waals surface area contributed by atoms with Gasteiger partial charge >= 0.3 is 0 Å². The van der Waals surface area contributed by atoms with Crippen molar-refractivity contribution in [3.05, 3.63) is 59.4 Å². The number of nitrogens with one attached hydrogen (secondary N) is 1. The van der Waals surface area contributed by atoms with Gasteiger partial charge in [-0.15, -0.1) is 0 Å². The van der Waals surface area contributed by atoms with Crippen molar-refractivity contribution in [2.75, 3.05) is 5.32 Å². The van der Waals surface area contributed by atoms with E-state index in [0.29, 0.717) is 17.0 Å². The van der Waals surface area contributed by atoms with Gasteiger partial charge in [0.25, 0.3) is 0 Å². The molecule has 1 amide bonds. The highest BCUT2D eigenvalue weighted by Crippen LogP contribution is 2.29. The molecule has 0 aliphatic rings. The van der Waals surface area contributed by atoms with Crippen LogP contribution in [-0.4, -0.2) is 21.1 Å². The monoisotopic (exact) mass is 404 g/mol. The molecule has 0 radical (unpaired) electrons. The molecule has 0 saturated heterocycles. The van der Waals surface area contributed by atoms with Crippen molar-refractivity contribution in [2.45, 2.75) is 50.3 Å². The van der Waals surface area contributed by atoms with Crippen molar-refractivity contribution < 1.29 is 4.79 Å². The number of nitriles is 1. The van der Waals surface area contributed by atoms with E-state index in [4.69, 9.17) is 0 Å². The maximum absolute atomic E-state index is 13.1. The first-order valence-corrected chi connectivity index (χ1v) is 10.7. The Morgan fingerprint density at radius 3 is 2.72 bits per heavy atom. The molecule has 1 aromatic carbocycles. The molecular weight excluding hydrogens is 380 g/mol. The lowest BCUT2D eigenvalue weighted by Crippen LogP contribution is -2.25. The van der Waals surface area contributed by atoms with E-state index in [1.165, 1.54) is 11.8 Å². The van der Waals surface area contributed by atoms with Crippen molar-refractivity contribution in [3.63, 3.8) is 0 Å². The third-order valence-corrected chi connectivity index (χ3v) is 5.93. The average Bonchev–Trinajstić information content (AvgIpc) is 2.72. The van der Waals surface area contributed by atoms with Crippen LogP contribution in [0.2, 0.25) is 0 Å². The molecular formula is C23H24N4OS. The minimum absolute atomic E-state index is 0.0974. The number of carbonyl (C=O) groups excluding carboxylic acids is 1. The predicted molar refractivity (Wildman–Crippen MR) is 118 cm³/mol. The lowest BCUT2D eigenvalue weighted by molar-refractivity contribution is -0.115. The zero-order chi connectivity index (χ0) is 20.8. The summed E-state index contributed by atoms with van der Waals surface area (Å²) in [5, 5.41) is 13.7. The summed E-state index contributed by atoms with van der Waals surface area (Å²) in [6.07, 6.45) is 2.46. The van der Waals surface area contributed by atoms with Crippen molar-refractivity contribution in [2.24, 2.45) is 0 Å². The fourth-order valence-electron chi connectivity index (χ4n) is 3.13. The summed E-state index contributed by atoms with van der Waals surface area (Å²) in [5.74, 6) is -0.0974. The van der Waals surface area contributed by atoms with Crippen LogP contribution in [0.5, 0.6) is 0 Å². The zero-order valence-corrected chi connectivity index (χ0v) is 17.7. The number of hydrogen-bond acceptors (Lipinski definition) is 5. The largest absolute Gasteiger partial charge is 0.324 e. The van der Waals surface area contributed by atoms with Crippen molar-refractivity contribution in [1.29, 1.82) is 5.26 Å². The molecule has 1 atom stereocenters. The van der Waals surface area contributed by atoms with E-state index < -0.39 is 0 Å². The smallest absolute Gasteiger partial charge is 0.237 e. The lowest BCUT2D eigenvalue weighted by atomic mass is 10.1. The fraction of sp³-hybridized carbons (Fsp3) is 0.304. The number of hydrogen-bond donors (Lipinski definition) is 1. The highest BCUT2D eigenvalue weighted by atomic mass is 32.2. The lowest BCUT2D eigenvalue weighted by Gasteiger charge is -2.16. The Morgan fingerprint density at radius 2 is 2.00 bits per heavy atom. The Morgan fingerprint density at radius 1 is 1.21 bits per heavy atom. The van der Waals surface area contributed by atoms with Crippen LogP contribution in [-0.2, 0) is 11.2 Å². The van der Waals surface area contributed by atoms with Gasteiger partial charge < -0.3 is 5.32 Å². The maximum atomic E-state index is 13.1. The second-order valence-electron chi connectivity index (χ2n) is 6.85. The number of aromatic nitrogens is 2. The summed E-state index contributed by atoms with van der Waals surface area (Å²) in [4.78, 5) is 22.2. The third kappa shape index (κ3) is 4.93. The SMILES string of the molecule is CCCc1ccc(C#N)c(SC(CC)C(=O)Nc2cc(C)nc3ccccc23)n1. The van der Waals surface area contributed by atoms with Crippen LogP contribution in [0.1, 0.15) is 43.6 Å². The van der Waals surface area contributed by atoms with E-state index in [9.17, 15) is 10.1 Å². The molecule has 3 aromatic rings. The summed E-state index contributed by atoms with van der Waals surface area (Å²) >= 11 is 1.36. The highest BCUT2D eigenvalue weighted by Gasteiger charge is 2.21. The Kier molecular flexibility index (Phi) is 6.84. The molecule has 0 fully saturated rings. The molecule has 0 spiro atoms. The van der Waals surface area contributed by atoms with Crippen LogP contribution in [0.15, 0.2) is 47.5 Å². The number of thioether (sulfide) groups is 1. The van der Waals surface area contributed by atoms with Gasteiger partial charge in [0.05, 0.1) is 22.0 Å². The number of amides is 1. The van der Waals surface area contributed by atoms with Gasteiger partial charge in [-0.25, -0.2) is 4.98 Å². The Bertz CT molecular complexity index is 1070. The Balaban J connectivity index is 1.86. The van der Waals surface area contributed by atoms with E-state index >= 15 is 0 Å². The van der Waals surface area contributed by atoms with Crippen LogP contribution in [0.3, 0.4) is 0 Å². The summed E-state index contributed by atoms with van der Waals surface area (Å²) < 4.78 is 0. The van der Waals surface area contributed by atoms with Gasteiger partial charge in [0.2, 0.25) is 5.91 Å². The Hall–Kier alpha value is -2.91. The molecule has 0 aliphatic carbocycles. The first-order chi connectivity index (χ1) is 14.0. The molecule has 0 saturated carbocycles. The van der Waals surface area contributed by atoms with Crippen molar-refractivity contribution >= 4 is 34.3 Å². The van der Waals surface area contributed by atoms with Crippen LogP contribution >= 0.6 is 11.8 Å². The number of benzene rings is 1. The van der Waals surface area contributed by atoms with E-state index in [1.807, 2.05) is 50.2 Å². The third-order valence-electron chi connectivity index (χ3n) is 4.56. The topological polar surface area (TPSA) is 78.7 Å². The van der Waals surface area contributed by atoms with Gasteiger partial charge in [-0.1, -0.05) is 50.2 Å². The number of para-hydroxylation sites is 1. The van der Waals surface area contributed by atoms with Crippen LogP contribution in [0, 0.1) is 18.3 Å². The molecule has 1 N–H and O–H groups in total. The van der Waals surface area contributed by atoms with E-state index in [-0.39, 0.29) is 11.2 Å². The normalized spacial score (nSPS) is 11.8. The van der Waals surface area contributed by atoms with Crippen LogP contribution < -0.4 is 5.32 Å². The molecule has 0 aliphatic heterocycles. The van der Waals surface area contributed by atoms with E-state index in [2.05, 4.69) is 28.3 Å². The van der Waals surface area contributed by atoms with Gasteiger partial charge in [0.1, 0.15) is 11.1 Å². The molecule has 29 heavy (non-hydrogen) atoms. The molecule has 2 aromatic heterocycles. The number of pyridine rings is 2. The van der Waals surface area contributed by atoms with Gasteiger partial charge in [-0.2, -0.15) is 5.26 Å². The van der Waals surface area contributed by atoms with Crippen LogP contribution in [0.4, 0.5) is 5.69 Å². The molecule has 148 valence electrons. The second kappa shape index (κ2) is 9.53. The van der Waals surface area contributed by atoms with Crippen molar-refractivity contribution in [3.8, 4) is 6.07 Å². The average molecular weight is 405 g/mol. The van der Waals surface area contributed by atoms with Gasteiger partial charge in [-0.05, 0) is 44.0 Å². The second-order valence-corrected chi connectivity index (χ2v) is 8.04. The fourth-order valence-corrected chi connectivity index (χ4v) is 4.14. The molecule has 3 rings (SSSR count). The van der Waals surface area contributed by atoms with Gasteiger partial charge in [0, 0.05) is 16.8 Å². The van der Waals surface area contributed by atoms with Crippen LogP contribution in [0.25, 0.3) is 10.9 Å². The first kappa shape index (κ1) is 20.8. The number of rotatable bonds is 7. The minimum atomic E-state index is -0.348. The standard InChI is InChI=1S/C23H24N4OS/c1-4-8-17-12-11-16(14-24)23(26-17)29-21(5-2)22(28)27-20-13-15(3)25-19-10-7-6-9-18(19)20/h6-7,9-13,21H,4-5,8H2,1-3H3,(H,25,27,28). The zero-order valence-electron chi connectivity index (χ0n) is 16.9. The first-order valence-electron chi connectivity index (χ1n) is 9.79. The number of nitrogens with zero attached hydrogens (tertiary/aromatic N) is 3.